The Morgan fingerprint density at radius 3 is 1.56 bits per heavy atom. The normalized spacial score (nSPS) is 15.5. The molecule has 0 saturated carbocycles. The molecule has 6 aromatic rings. The monoisotopic (exact) mass is 742 g/mol. The van der Waals surface area contributed by atoms with Crippen LogP contribution in [0.2, 0.25) is 0 Å². The van der Waals surface area contributed by atoms with Crippen molar-refractivity contribution >= 4 is 44.9 Å². The fourth-order valence-electron chi connectivity index (χ4n) is 8.06. The van der Waals surface area contributed by atoms with Crippen molar-refractivity contribution in [3.8, 4) is 5.75 Å². The molecule has 0 amide bonds. The van der Waals surface area contributed by atoms with E-state index < -0.39 is 0 Å². The first-order chi connectivity index (χ1) is 26.4. The third-order valence-corrected chi connectivity index (χ3v) is 12.6. The molecule has 8 heteroatoms. The molecule has 0 aliphatic carbocycles. The molecule has 2 aliphatic heterocycles. The van der Waals surface area contributed by atoms with Gasteiger partial charge < -0.3 is 24.5 Å². The van der Waals surface area contributed by atoms with Crippen LogP contribution in [0.4, 0.5) is 11.4 Å². The van der Waals surface area contributed by atoms with Crippen LogP contribution in [-0.4, -0.2) is 97.6 Å². The summed E-state index contributed by atoms with van der Waals surface area (Å²) in [6.07, 6.45) is 6.66. The number of piperazine rings is 2. The summed E-state index contributed by atoms with van der Waals surface area (Å²) >= 11 is 2.03. The Bertz CT molecular complexity index is 2050. The summed E-state index contributed by atoms with van der Waals surface area (Å²) in [4.78, 5) is 18.3. The van der Waals surface area contributed by atoms with Crippen molar-refractivity contribution in [3.05, 3.63) is 120 Å². The first-order valence-corrected chi connectivity index (χ1v) is 20.9. The van der Waals surface area contributed by atoms with Crippen molar-refractivity contribution in [3.63, 3.8) is 0 Å². The summed E-state index contributed by atoms with van der Waals surface area (Å²) < 4.78 is 6.07. The molecule has 7 nitrogen and oxygen atoms in total. The number of nitrogens with one attached hydrogen (secondary N) is 2. The number of H-pyrrole nitrogens is 2. The molecule has 0 unspecified atom stereocenters. The number of ether oxygens (including phenoxy) is 1. The number of unbranched alkanes of at least 4 members (excludes halogenated alkanes) is 1. The molecule has 0 atom stereocenters. The number of aromatic nitrogens is 2. The van der Waals surface area contributed by atoms with E-state index in [2.05, 4.69) is 142 Å². The summed E-state index contributed by atoms with van der Waals surface area (Å²) in [5, 5.41) is 2.67. The Morgan fingerprint density at radius 1 is 0.537 bits per heavy atom. The summed E-state index contributed by atoms with van der Waals surface area (Å²) in [6, 6.07) is 30.4. The first kappa shape index (κ1) is 37.9. The van der Waals surface area contributed by atoms with Crippen LogP contribution in [0, 0.1) is 27.7 Å². The number of nitrogens with zero attached hydrogens (tertiary/aromatic N) is 4. The van der Waals surface area contributed by atoms with Crippen molar-refractivity contribution in [2.75, 3.05) is 87.6 Å². The highest BCUT2D eigenvalue weighted by Gasteiger charge is 2.20. The van der Waals surface area contributed by atoms with Gasteiger partial charge in [0.25, 0.3) is 0 Å². The maximum absolute atomic E-state index is 6.07. The summed E-state index contributed by atoms with van der Waals surface area (Å²) in [7, 11) is 0. The predicted octanol–water partition coefficient (Wildman–Crippen LogP) is 9.46. The minimum Gasteiger partial charge on any atom is -0.492 e. The summed E-state index contributed by atoms with van der Waals surface area (Å²) in [5.41, 5.74) is 10.4. The number of anilines is 2. The molecule has 2 saturated heterocycles. The number of hydrogen-bond acceptors (Lipinski definition) is 6. The molecule has 2 N–H and O–H groups in total. The maximum Gasteiger partial charge on any atom is 0.125 e. The average Bonchev–Trinajstić information content (AvgIpc) is 3.88. The Kier molecular flexibility index (Phi) is 12.9. The van der Waals surface area contributed by atoms with Crippen LogP contribution in [0.15, 0.2) is 102 Å². The number of para-hydroxylation sites is 1. The van der Waals surface area contributed by atoms with Gasteiger partial charge in [0.05, 0.1) is 0 Å². The largest absolute Gasteiger partial charge is 0.492 e. The molecular formula is C46H58N6OS. The zero-order chi connectivity index (χ0) is 37.3. The smallest absolute Gasteiger partial charge is 0.125 e. The van der Waals surface area contributed by atoms with E-state index in [1.807, 2.05) is 24.2 Å². The molecule has 0 bridgehead atoms. The van der Waals surface area contributed by atoms with Crippen molar-refractivity contribution in [1.82, 2.24) is 19.8 Å². The molecular weight excluding hydrogens is 685 g/mol. The molecule has 0 spiro atoms. The number of hydrogen-bond donors (Lipinski definition) is 2. The van der Waals surface area contributed by atoms with E-state index in [1.54, 1.807) is 0 Å². The second kappa shape index (κ2) is 18.3. The maximum atomic E-state index is 6.07. The van der Waals surface area contributed by atoms with E-state index in [0.29, 0.717) is 0 Å². The fourth-order valence-corrected chi connectivity index (χ4v) is 9.20. The van der Waals surface area contributed by atoms with Crippen molar-refractivity contribution in [2.45, 2.75) is 45.4 Å². The van der Waals surface area contributed by atoms with Crippen LogP contribution < -0.4 is 14.5 Å². The number of rotatable bonds is 12. The van der Waals surface area contributed by atoms with Gasteiger partial charge in [-0.25, -0.2) is 0 Å². The van der Waals surface area contributed by atoms with E-state index >= 15 is 0 Å². The van der Waals surface area contributed by atoms with Gasteiger partial charge in [-0.05, 0) is 111 Å². The van der Waals surface area contributed by atoms with Gasteiger partial charge in [0.2, 0.25) is 0 Å². The molecule has 0 radical (unpaired) electrons. The van der Waals surface area contributed by atoms with Crippen molar-refractivity contribution in [1.29, 1.82) is 0 Å². The Balaban J connectivity index is 0.000000167. The van der Waals surface area contributed by atoms with Crippen LogP contribution in [-0.2, 0) is 0 Å². The standard InChI is InChI=1S/C24H31N3S.C22H27N3O/c1-19-7-5-8-20(2)24(19)28-18-4-3-13-26-14-16-27(17-15-26)23-10-6-9-22-21(23)11-12-25-22;1-17-5-3-6-18(2)22(17)26-16-15-24-11-13-25(14-12-24)21-8-4-7-20-19(21)9-10-23-20/h5-12,25H,3-4,13-18H2,1-2H3;3-10,23H,11-16H2,1-2H3. The lowest BCUT2D eigenvalue weighted by Crippen LogP contribution is -2.47. The van der Waals surface area contributed by atoms with Crippen LogP contribution in [0.25, 0.3) is 21.8 Å². The van der Waals surface area contributed by atoms with Crippen LogP contribution in [0.3, 0.4) is 0 Å². The van der Waals surface area contributed by atoms with Gasteiger partial charge >= 0.3 is 0 Å². The molecule has 2 aromatic heterocycles. The zero-order valence-corrected chi connectivity index (χ0v) is 33.6. The van der Waals surface area contributed by atoms with E-state index in [-0.39, 0.29) is 0 Å². The van der Waals surface area contributed by atoms with E-state index in [9.17, 15) is 0 Å². The fraction of sp³-hybridized carbons (Fsp3) is 0.391. The van der Waals surface area contributed by atoms with Gasteiger partial charge in [-0.1, -0.05) is 48.5 Å². The molecule has 2 fully saturated rings. The van der Waals surface area contributed by atoms with E-state index in [1.165, 1.54) is 98.6 Å². The Morgan fingerprint density at radius 2 is 1.02 bits per heavy atom. The highest BCUT2D eigenvalue weighted by molar-refractivity contribution is 7.99. The van der Waals surface area contributed by atoms with Gasteiger partial charge in [0, 0.05) is 109 Å². The van der Waals surface area contributed by atoms with Gasteiger partial charge in [0.1, 0.15) is 12.4 Å². The lowest BCUT2D eigenvalue weighted by atomic mass is 10.1. The molecule has 8 rings (SSSR count). The topological polar surface area (TPSA) is 53.8 Å². The number of fused-ring (bicyclic) bond motifs is 2. The number of aromatic amines is 2. The average molecular weight is 743 g/mol. The van der Waals surface area contributed by atoms with Crippen LogP contribution >= 0.6 is 11.8 Å². The first-order valence-electron chi connectivity index (χ1n) is 19.9. The lowest BCUT2D eigenvalue weighted by Gasteiger charge is -2.36. The second-order valence-electron chi connectivity index (χ2n) is 14.9. The lowest BCUT2D eigenvalue weighted by molar-refractivity contribution is 0.199. The minimum absolute atomic E-state index is 0.749. The number of benzene rings is 4. The number of aryl methyl sites for hydroxylation is 4. The molecule has 4 aromatic carbocycles. The minimum atomic E-state index is 0.749. The molecule has 284 valence electrons. The third kappa shape index (κ3) is 9.28. The van der Waals surface area contributed by atoms with Crippen LogP contribution in [0.5, 0.6) is 5.75 Å². The van der Waals surface area contributed by atoms with Gasteiger partial charge in [-0.3, -0.25) is 9.80 Å². The van der Waals surface area contributed by atoms with E-state index in [4.69, 9.17) is 4.74 Å². The van der Waals surface area contributed by atoms with E-state index in [0.717, 1.165) is 58.2 Å². The van der Waals surface area contributed by atoms with Gasteiger partial charge in [0.15, 0.2) is 0 Å². The third-order valence-electron chi connectivity index (χ3n) is 11.2. The molecule has 4 heterocycles. The van der Waals surface area contributed by atoms with Gasteiger partial charge in [-0.2, -0.15) is 0 Å². The van der Waals surface area contributed by atoms with Crippen LogP contribution in [0.1, 0.15) is 35.1 Å². The summed E-state index contributed by atoms with van der Waals surface area (Å²) in [6.45, 7) is 20.5. The Labute approximate surface area is 326 Å². The predicted molar refractivity (Wildman–Crippen MR) is 231 cm³/mol. The number of thioether (sulfide) groups is 1. The molecule has 2 aliphatic rings. The SMILES string of the molecule is Cc1cccc(C)c1OCCN1CCN(c2cccc3[nH]ccc23)CC1.Cc1cccc(C)c1SCCCCN1CCN(c2cccc3[nH]ccc23)CC1. The quantitative estimate of drug-likeness (QED) is 0.0963. The summed E-state index contributed by atoms with van der Waals surface area (Å²) in [5.74, 6) is 2.27. The van der Waals surface area contributed by atoms with Gasteiger partial charge in [-0.15, -0.1) is 11.8 Å². The highest BCUT2D eigenvalue weighted by atomic mass is 32.2. The van der Waals surface area contributed by atoms with Crippen molar-refractivity contribution in [2.24, 2.45) is 0 Å². The van der Waals surface area contributed by atoms with Crippen molar-refractivity contribution < 1.29 is 4.74 Å². The Hall–Kier alpha value is -4.37. The highest BCUT2D eigenvalue weighted by Crippen LogP contribution is 2.30. The molecule has 54 heavy (non-hydrogen) atoms. The second-order valence-corrected chi connectivity index (χ2v) is 16.0. The zero-order valence-electron chi connectivity index (χ0n) is 32.7.